The molecule has 4 nitrogen and oxygen atoms in total. The fourth-order valence-corrected chi connectivity index (χ4v) is 5.23. The first-order valence-electron chi connectivity index (χ1n) is 12.5. The molecular weight excluding hydrogens is 384 g/mol. The number of pyridine rings is 1. The molecule has 31 heavy (non-hydrogen) atoms. The first-order valence-corrected chi connectivity index (χ1v) is 12.5. The van der Waals surface area contributed by atoms with E-state index in [9.17, 15) is 5.11 Å². The number of benzene rings is 1. The molecule has 1 aliphatic heterocycles. The highest BCUT2D eigenvalue weighted by Gasteiger charge is 2.28. The molecule has 1 saturated heterocycles. The normalized spacial score (nSPS) is 20.8. The lowest BCUT2D eigenvalue weighted by Gasteiger charge is -2.39. The molecule has 0 saturated carbocycles. The summed E-state index contributed by atoms with van der Waals surface area (Å²) in [6.07, 6.45) is 12.6. The van der Waals surface area contributed by atoms with Gasteiger partial charge in [-0.3, -0.25) is 4.98 Å². The van der Waals surface area contributed by atoms with E-state index in [2.05, 4.69) is 23.7 Å². The number of methoxy groups -OCH3 is 1. The molecule has 3 atom stereocenters. The lowest BCUT2D eigenvalue weighted by molar-refractivity contribution is 0.0903. The number of unbranched alkanes of at least 4 members (excludes halogenated alkanes) is 4. The zero-order chi connectivity index (χ0) is 22.1. The molecule has 1 aromatic heterocycles. The minimum atomic E-state index is -0.452. The highest BCUT2D eigenvalue weighted by Crippen LogP contribution is 2.34. The van der Waals surface area contributed by atoms with E-state index in [1.54, 1.807) is 13.3 Å². The third-order valence-electron chi connectivity index (χ3n) is 7.23. The Morgan fingerprint density at radius 3 is 2.74 bits per heavy atom. The molecule has 1 fully saturated rings. The molecule has 2 heterocycles. The van der Waals surface area contributed by atoms with Gasteiger partial charge in [0.15, 0.2) is 0 Å². The summed E-state index contributed by atoms with van der Waals surface area (Å²) >= 11 is 0. The second-order valence-corrected chi connectivity index (χ2v) is 9.31. The zero-order valence-corrected chi connectivity index (χ0v) is 19.9. The van der Waals surface area contributed by atoms with Crippen LogP contribution in [-0.2, 0) is 0 Å². The Kier molecular flexibility index (Phi) is 9.60. The third kappa shape index (κ3) is 6.66. The highest BCUT2D eigenvalue weighted by molar-refractivity contribution is 5.83. The molecule has 0 radical (unpaired) electrons. The number of aliphatic hydroxyl groups is 1. The van der Waals surface area contributed by atoms with Crippen molar-refractivity contribution in [2.24, 2.45) is 11.8 Å². The fourth-order valence-electron chi connectivity index (χ4n) is 5.23. The van der Waals surface area contributed by atoms with Crippen LogP contribution in [0.4, 0.5) is 0 Å². The maximum atomic E-state index is 11.0. The molecule has 0 amide bonds. The fraction of sp³-hybridized carbons (Fsp3) is 0.667. The molecule has 3 rings (SSSR count). The SMILES string of the molecule is CCCCCCCN1CC[C@@H](CC[C@@H](O)c2ccnc3ccc(OC)cc23)[C@@H](CC)C1. The zero-order valence-electron chi connectivity index (χ0n) is 19.9. The number of fused-ring (bicyclic) bond motifs is 1. The van der Waals surface area contributed by atoms with Gasteiger partial charge in [0.1, 0.15) is 5.75 Å². The van der Waals surface area contributed by atoms with Crippen molar-refractivity contribution in [3.63, 3.8) is 0 Å². The van der Waals surface area contributed by atoms with E-state index in [1.807, 2.05) is 24.3 Å². The van der Waals surface area contributed by atoms with Crippen LogP contribution in [0.3, 0.4) is 0 Å². The van der Waals surface area contributed by atoms with Gasteiger partial charge in [0.05, 0.1) is 18.7 Å². The lowest BCUT2D eigenvalue weighted by atomic mass is 9.80. The van der Waals surface area contributed by atoms with E-state index < -0.39 is 6.10 Å². The number of hydrogen-bond donors (Lipinski definition) is 1. The number of aromatic nitrogens is 1. The van der Waals surface area contributed by atoms with Crippen LogP contribution in [-0.4, -0.2) is 41.7 Å². The van der Waals surface area contributed by atoms with E-state index in [4.69, 9.17) is 4.74 Å². The van der Waals surface area contributed by atoms with Crippen molar-refractivity contribution in [2.75, 3.05) is 26.7 Å². The molecule has 1 aliphatic rings. The van der Waals surface area contributed by atoms with Crippen LogP contribution in [0.2, 0.25) is 0 Å². The number of hydrogen-bond acceptors (Lipinski definition) is 4. The molecular formula is C27H42N2O2. The molecule has 1 aromatic carbocycles. The average molecular weight is 427 g/mol. The van der Waals surface area contributed by atoms with E-state index in [0.29, 0.717) is 0 Å². The van der Waals surface area contributed by atoms with Crippen molar-refractivity contribution in [1.82, 2.24) is 9.88 Å². The summed E-state index contributed by atoms with van der Waals surface area (Å²) in [6.45, 7) is 8.34. The van der Waals surface area contributed by atoms with Crippen LogP contribution in [0.15, 0.2) is 30.5 Å². The van der Waals surface area contributed by atoms with E-state index in [-0.39, 0.29) is 0 Å². The maximum Gasteiger partial charge on any atom is 0.119 e. The summed E-state index contributed by atoms with van der Waals surface area (Å²) in [6, 6.07) is 7.85. The first-order chi connectivity index (χ1) is 15.2. The summed E-state index contributed by atoms with van der Waals surface area (Å²) in [5.74, 6) is 2.28. The molecule has 1 N–H and O–H groups in total. The van der Waals surface area contributed by atoms with Gasteiger partial charge in [-0.15, -0.1) is 0 Å². The third-order valence-corrected chi connectivity index (χ3v) is 7.23. The predicted octanol–water partition coefficient (Wildman–Crippen LogP) is 6.38. The Bertz CT molecular complexity index is 794. The van der Waals surface area contributed by atoms with E-state index in [1.165, 1.54) is 64.6 Å². The van der Waals surface area contributed by atoms with Crippen LogP contribution >= 0.6 is 0 Å². The van der Waals surface area contributed by atoms with Crippen LogP contribution in [0.5, 0.6) is 5.75 Å². The molecule has 172 valence electrons. The summed E-state index contributed by atoms with van der Waals surface area (Å²) in [7, 11) is 1.68. The van der Waals surface area contributed by atoms with Gasteiger partial charge < -0.3 is 14.7 Å². The van der Waals surface area contributed by atoms with Crippen LogP contribution < -0.4 is 4.74 Å². The minimum absolute atomic E-state index is 0.452. The standard InChI is InChI=1S/C27H42N2O2/c1-4-6-7-8-9-17-29-18-15-22(21(5-2)20-29)10-13-27(30)24-14-16-28-26-12-11-23(31-3)19-25(24)26/h11-12,14,16,19,21-22,27,30H,4-10,13,15,17-18,20H2,1-3H3/t21-,22+,27+/m0/s1. The second kappa shape index (κ2) is 12.4. The highest BCUT2D eigenvalue weighted by atomic mass is 16.5. The molecule has 4 heteroatoms. The van der Waals surface area contributed by atoms with Crippen LogP contribution in [0.1, 0.15) is 83.3 Å². The quantitative estimate of drug-likeness (QED) is 0.400. The Morgan fingerprint density at radius 1 is 1.13 bits per heavy atom. The van der Waals surface area contributed by atoms with Crippen molar-refractivity contribution in [2.45, 2.75) is 77.7 Å². The van der Waals surface area contributed by atoms with Crippen molar-refractivity contribution in [1.29, 1.82) is 0 Å². The first kappa shape index (κ1) is 24.0. The van der Waals surface area contributed by atoms with Gasteiger partial charge in [-0.25, -0.2) is 0 Å². The predicted molar refractivity (Wildman–Crippen MR) is 130 cm³/mol. The molecule has 0 bridgehead atoms. The van der Waals surface area contributed by atoms with Crippen LogP contribution in [0.25, 0.3) is 10.9 Å². The molecule has 0 aliphatic carbocycles. The molecule has 0 unspecified atom stereocenters. The Hall–Kier alpha value is -1.65. The Morgan fingerprint density at radius 2 is 1.97 bits per heavy atom. The number of likely N-dealkylation sites (tertiary alicyclic amines) is 1. The summed E-state index contributed by atoms with van der Waals surface area (Å²) in [5, 5.41) is 12.0. The molecule has 0 spiro atoms. The topological polar surface area (TPSA) is 45.6 Å². The Labute approximate surface area is 189 Å². The van der Waals surface area contributed by atoms with Gasteiger partial charge in [-0.2, -0.15) is 0 Å². The van der Waals surface area contributed by atoms with Gasteiger partial charge in [-0.1, -0.05) is 46.0 Å². The van der Waals surface area contributed by atoms with Crippen molar-refractivity contribution in [3.8, 4) is 5.75 Å². The number of nitrogens with zero attached hydrogens (tertiary/aromatic N) is 2. The number of piperidine rings is 1. The minimum Gasteiger partial charge on any atom is -0.497 e. The second-order valence-electron chi connectivity index (χ2n) is 9.31. The number of aliphatic hydroxyl groups excluding tert-OH is 1. The number of rotatable bonds is 12. The van der Waals surface area contributed by atoms with Gasteiger partial charge in [0.25, 0.3) is 0 Å². The van der Waals surface area contributed by atoms with Crippen molar-refractivity contribution >= 4 is 10.9 Å². The average Bonchev–Trinajstić information content (AvgIpc) is 2.81. The van der Waals surface area contributed by atoms with Crippen molar-refractivity contribution < 1.29 is 9.84 Å². The molecule has 2 aromatic rings. The summed E-state index contributed by atoms with van der Waals surface area (Å²) < 4.78 is 5.38. The van der Waals surface area contributed by atoms with Crippen molar-refractivity contribution in [3.05, 3.63) is 36.0 Å². The Balaban J connectivity index is 1.53. The van der Waals surface area contributed by atoms with Crippen LogP contribution in [0, 0.1) is 11.8 Å². The maximum absolute atomic E-state index is 11.0. The van der Waals surface area contributed by atoms with E-state index >= 15 is 0 Å². The smallest absolute Gasteiger partial charge is 0.119 e. The monoisotopic (exact) mass is 426 g/mol. The number of ether oxygens (including phenoxy) is 1. The van der Waals surface area contributed by atoms with Gasteiger partial charge >= 0.3 is 0 Å². The van der Waals surface area contributed by atoms with Gasteiger partial charge in [-0.05, 0) is 80.4 Å². The van der Waals surface area contributed by atoms with E-state index in [0.717, 1.165) is 46.9 Å². The van der Waals surface area contributed by atoms with Gasteiger partial charge in [0, 0.05) is 18.1 Å². The lowest BCUT2D eigenvalue weighted by Crippen LogP contribution is -2.40. The summed E-state index contributed by atoms with van der Waals surface area (Å²) in [5.41, 5.74) is 1.89. The summed E-state index contributed by atoms with van der Waals surface area (Å²) in [4.78, 5) is 7.14. The van der Waals surface area contributed by atoms with Gasteiger partial charge in [0.2, 0.25) is 0 Å². The largest absolute Gasteiger partial charge is 0.497 e.